The Morgan fingerprint density at radius 1 is 1.07 bits per heavy atom. The molecule has 3 heterocycles. The zero-order valence-corrected chi connectivity index (χ0v) is 16.2. The molecule has 2 aromatic carbocycles. The topological polar surface area (TPSA) is 125 Å². The van der Waals surface area contributed by atoms with Crippen LogP contribution < -0.4 is 16.6 Å². The standard InChI is InChI=1S/C22H20N6O2/c1-30-11-14-8-13(10-24-14)25-12-6-7-17-18(9-12)27-21(26-17)19-20(23)15-4-2-3-5-16(15)28-22(19)29/h2-10,24-25H,11H2,1H3,(H,26,27)(H3,23,28,29). The molecule has 0 saturated carbocycles. The molecule has 6 N–H and O–H groups in total. The van der Waals surface area contributed by atoms with Crippen LogP contribution >= 0.6 is 0 Å². The van der Waals surface area contributed by atoms with E-state index in [4.69, 9.17) is 10.5 Å². The van der Waals surface area contributed by atoms with Crippen LogP contribution in [-0.2, 0) is 11.3 Å². The van der Waals surface area contributed by atoms with E-state index >= 15 is 0 Å². The summed E-state index contributed by atoms with van der Waals surface area (Å²) in [4.78, 5) is 26.5. The molecule has 8 nitrogen and oxygen atoms in total. The van der Waals surface area contributed by atoms with Gasteiger partial charge in [-0.2, -0.15) is 0 Å². The van der Waals surface area contributed by atoms with E-state index in [0.29, 0.717) is 29.2 Å². The lowest BCUT2D eigenvalue weighted by Gasteiger charge is -2.06. The average Bonchev–Trinajstić information content (AvgIpc) is 3.34. The molecule has 0 unspecified atom stereocenters. The van der Waals surface area contributed by atoms with Crippen LogP contribution in [0.2, 0.25) is 0 Å². The zero-order chi connectivity index (χ0) is 20.7. The number of aromatic nitrogens is 4. The van der Waals surface area contributed by atoms with Crippen molar-refractivity contribution in [1.29, 1.82) is 0 Å². The molecule has 0 saturated heterocycles. The first-order valence-electron chi connectivity index (χ1n) is 9.46. The fourth-order valence-electron chi connectivity index (χ4n) is 3.63. The highest BCUT2D eigenvalue weighted by atomic mass is 16.5. The molecular weight excluding hydrogens is 380 g/mol. The first-order chi connectivity index (χ1) is 14.6. The van der Waals surface area contributed by atoms with Crippen molar-refractivity contribution in [2.45, 2.75) is 6.61 Å². The number of nitrogens with zero attached hydrogens (tertiary/aromatic N) is 1. The molecule has 0 atom stereocenters. The Bertz CT molecular complexity index is 1430. The molecule has 0 aliphatic carbocycles. The van der Waals surface area contributed by atoms with Gasteiger partial charge < -0.3 is 30.7 Å². The highest BCUT2D eigenvalue weighted by Crippen LogP contribution is 2.29. The molecule has 30 heavy (non-hydrogen) atoms. The number of rotatable bonds is 5. The van der Waals surface area contributed by atoms with Gasteiger partial charge >= 0.3 is 0 Å². The fourth-order valence-corrected chi connectivity index (χ4v) is 3.63. The number of nitrogens with two attached hydrogens (primary N) is 1. The lowest BCUT2D eigenvalue weighted by molar-refractivity contribution is 0.182. The van der Waals surface area contributed by atoms with Gasteiger partial charge in [0.05, 0.1) is 34.5 Å². The molecule has 0 radical (unpaired) electrons. The van der Waals surface area contributed by atoms with Crippen LogP contribution in [0.5, 0.6) is 0 Å². The number of aromatic amines is 3. The third-order valence-electron chi connectivity index (χ3n) is 5.01. The normalized spacial score (nSPS) is 11.4. The van der Waals surface area contributed by atoms with Crippen LogP contribution in [-0.4, -0.2) is 27.0 Å². The van der Waals surface area contributed by atoms with Crippen molar-refractivity contribution in [3.8, 4) is 11.4 Å². The van der Waals surface area contributed by atoms with Crippen LogP contribution in [0.3, 0.4) is 0 Å². The van der Waals surface area contributed by atoms with E-state index in [0.717, 1.165) is 33.5 Å². The van der Waals surface area contributed by atoms with Crippen molar-refractivity contribution in [1.82, 2.24) is 19.9 Å². The summed E-state index contributed by atoms with van der Waals surface area (Å²) in [6.07, 6.45) is 1.88. The SMILES string of the molecule is COCc1cc(Nc2ccc3[nH]c(-c4c(N)c5ccccc5[nH]c4=O)nc3c2)c[nH]1. The summed E-state index contributed by atoms with van der Waals surface area (Å²) in [7, 11) is 1.66. The Hall–Kier alpha value is -4.04. The predicted molar refractivity (Wildman–Crippen MR) is 119 cm³/mol. The minimum atomic E-state index is -0.276. The van der Waals surface area contributed by atoms with E-state index in [2.05, 4.69) is 25.3 Å². The first kappa shape index (κ1) is 18.0. The molecule has 0 spiro atoms. The van der Waals surface area contributed by atoms with Crippen molar-refractivity contribution >= 4 is 39.0 Å². The van der Waals surface area contributed by atoms with Gasteiger partial charge in [-0.3, -0.25) is 4.79 Å². The third kappa shape index (κ3) is 3.09. The van der Waals surface area contributed by atoms with E-state index < -0.39 is 0 Å². The number of benzene rings is 2. The first-order valence-corrected chi connectivity index (χ1v) is 9.46. The molecule has 0 aliphatic rings. The van der Waals surface area contributed by atoms with Gasteiger partial charge in [-0.05, 0) is 30.3 Å². The van der Waals surface area contributed by atoms with E-state index in [-0.39, 0.29) is 5.56 Å². The number of nitrogens with one attached hydrogen (secondary N) is 4. The van der Waals surface area contributed by atoms with Gasteiger partial charge in [-0.25, -0.2) is 4.98 Å². The number of H-pyrrole nitrogens is 3. The predicted octanol–water partition coefficient (Wildman–Crippen LogP) is 3.87. The van der Waals surface area contributed by atoms with Crippen LogP contribution in [0.15, 0.2) is 59.5 Å². The van der Waals surface area contributed by atoms with Gasteiger partial charge in [0, 0.05) is 30.1 Å². The van der Waals surface area contributed by atoms with Crippen molar-refractivity contribution in [2.75, 3.05) is 18.2 Å². The molecule has 8 heteroatoms. The summed E-state index contributed by atoms with van der Waals surface area (Å²) in [5.41, 5.74) is 11.8. The molecule has 5 rings (SSSR count). The molecule has 0 aliphatic heterocycles. The van der Waals surface area contributed by atoms with Crippen LogP contribution in [0.1, 0.15) is 5.69 Å². The Morgan fingerprint density at radius 3 is 2.80 bits per heavy atom. The maximum Gasteiger partial charge on any atom is 0.261 e. The van der Waals surface area contributed by atoms with Gasteiger partial charge in [0.2, 0.25) is 0 Å². The Labute approximate surface area is 171 Å². The Balaban J connectivity index is 1.53. The van der Waals surface area contributed by atoms with Gasteiger partial charge in [0.25, 0.3) is 5.56 Å². The molecule has 0 fully saturated rings. The number of pyridine rings is 1. The molecule has 5 aromatic rings. The zero-order valence-electron chi connectivity index (χ0n) is 16.2. The molecule has 150 valence electrons. The lowest BCUT2D eigenvalue weighted by Crippen LogP contribution is -2.13. The number of ether oxygens (including phenoxy) is 1. The molecule has 0 bridgehead atoms. The number of anilines is 3. The maximum absolute atomic E-state index is 12.7. The number of imidazole rings is 1. The quantitative estimate of drug-likeness (QED) is 0.306. The Kier molecular flexibility index (Phi) is 4.26. The van der Waals surface area contributed by atoms with Gasteiger partial charge in [-0.15, -0.1) is 0 Å². The second kappa shape index (κ2) is 7.09. The lowest BCUT2D eigenvalue weighted by atomic mass is 10.1. The fraction of sp³-hybridized carbons (Fsp3) is 0.0909. The summed E-state index contributed by atoms with van der Waals surface area (Å²) in [5.74, 6) is 0.440. The number of nitrogen functional groups attached to an aromatic ring is 1. The smallest absolute Gasteiger partial charge is 0.261 e. The average molecular weight is 400 g/mol. The van der Waals surface area contributed by atoms with Crippen molar-refractivity contribution in [3.63, 3.8) is 0 Å². The minimum absolute atomic E-state index is 0.276. The number of para-hydroxylation sites is 1. The Morgan fingerprint density at radius 2 is 1.93 bits per heavy atom. The van der Waals surface area contributed by atoms with Crippen molar-refractivity contribution in [2.24, 2.45) is 0 Å². The highest BCUT2D eigenvalue weighted by Gasteiger charge is 2.16. The third-order valence-corrected chi connectivity index (χ3v) is 5.01. The van der Waals surface area contributed by atoms with Crippen LogP contribution in [0.4, 0.5) is 17.1 Å². The second-order valence-corrected chi connectivity index (χ2v) is 7.08. The number of fused-ring (bicyclic) bond motifs is 2. The van der Waals surface area contributed by atoms with Crippen LogP contribution in [0, 0.1) is 0 Å². The van der Waals surface area contributed by atoms with E-state index in [1.54, 1.807) is 7.11 Å². The largest absolute Gasteiger partial charge is 0.397 e. The number of hydrogen-bond donors (Lipinski definition) is 5. The molecular formula is C22H20N6O2. The summed E-state index contributed by atoms with van der Waals surface area (Å²) in [6, 6.07) is 15.2. The van der Waals surface area contributed by atoms with E-state index in [1.807, 2.05) is 54.7 Å². The van der Waals surface area contributed by atoms with E-state index in [1.165, 1.54) is 0 Å². The summed E-state index contributed by atoms with van der Waals surface area (Å²) < 4.78 is 5.13. The summed E-state index contributed by atoms with van der Waals surface area (Å²) >= 11 is 0. The van der Waals surface area contributed by atoms with Gasteiger partial charge in [0.15, 0.2) is 0 Å². The number of hydrogen-bond acceptors (Lipinski definition) is 5. The maximum atomic E-state index is 12.7. The molecule has 3 aromatic heterocycles. The summed E-state index contributed by atoms with van der Waals surface area (Å²) in [5, 5.41) is 4.12. The summed E-state index contributed by atoms with van der Waals surface area (Å²) in [6.45, 7) is 0.519. The highest BCUT2D eigenvalue weighted by molar-refractivity contribution is 5.97. The van der Waals surface area contributed by atoms with Gasteiger partial charge in [0.1, 0.15) is 11.4 Å². The molecule has 0 amide bonds. The second-order valence-electron chi connectivity index (χ2n) is 7.08. The van der Waals surface area contributed by atoms with Crippen LogP contribution in [0.25, 0.3) is 33.3 Å². The van der Waals surface area contributed by atoms with Gasteiger partial charge in [-0.1, -0.05) is 18.2 Å². The monoisotopic (exact) mass is 400 g/mol. The van der Waals surface area contributed by atoms with Crippen molar-refractivity contribution in [3.05, 3.63) is 70.8 Å². The minimum Gasteiger partial charge on any atom is -0.397 e. The number of methoxy groups -OCH3 is 1. The van der Waals surface area contributed by atoms with E-state index in [9.17, 15) is 4.79 Å². The van der Waals surface area contributed by atoms with Crippen molar-refractivity contribution < 1.29 is 4.74 Å².